The predicted molar refractivity (Wildman–Crippen MR) is 113 cm³/mol. The molecule has 0 aliphatic carbocycles. The quantitative estimate of drug-likeness (QED) is 0.703. The van der Waals surface area contributed by atoms with Crippen LogP contribution < -0.4 is 15.0 Å². The van der Waals surface area contributed by atoms with Gasteiger partial charge in [-0.05, 0) is 24.6 Å². The van der Waals surface area contributed by atoms with Crippen molar-refractivity contribution >= 4 is 23.1 Å². The zero-order chi connectivity index (χ0) is 20.8. The molecule has 1 amide bonds. The van der Waals surface area contributed by atoms with Gasteiger partial charge in [-0.3, -0.25) is 15.0 Å². The van der Waals surface area contributed by atoms with Gasteiger partial charge < -0.3 is 4.74 Å². The van der Waals surface area contributed by atoms with Gasteiger partial charge in [0, 0.05) is 26.2 Å². The average Bonchev–Trinajstić information content (AvgIpc) is 3.00. The number of aromatic nitrogens is 2. The van der Waals surface area contributed by atoms with Crippen molar-refractivity contribution in [1.29, 1.82) is 0 Å². The molecule has 1 aliphatic heterocycles. The summed E-state index contributed by atoms with van der Waals surface area (Å²) in [5.41, 5.74) is 0.796. The van der Waals surface area contributed by atoms with E-state index in [9.17, 15) is 9.18 Å². The Morgan fingerprint density at radius 2 is 2.34 bits per heavy atom. The Morgan fingerprint density at radius 1 is 1.52 bits per heavy atom. The van der Waals surface area contributed by atoms with Crippen LogP contribution in [0.2, 0.25) is 0 Å². The Bertz CT molecular complexity index is 954. The van der Waals surface area contributed by atoms with E-state index in [2.05, 4.69) is 21.9 Å². The number of carbonyl (C=O) groups is 1. The molecule has 2 aromatic rings. The van der Waals surface area contributed by atoms with Crippen LogP contribution in [0.3, 0.4) is 0 Å². The highest BCUT2D eigenvalue weighted by Gasteiger charge is 2.30. The van der Waals surface area contributed by atoms with Gasteiger partial charge in [0.05, 0.1) is 4.88 Å². The average molecular weight is 415 g/mol. The number of fused-ring (bicyclic) bond motifs is 1. The maximum absolute atomic E-state index is 14.2. The number of hydrogen-bond acceptors (Lipinski definition) is 6. The molecule has 152 valence electrons. The van der Waals surface area contributed by atoms with Crippen molar-refractivity contribution in [2.75, 3.05) is 18.6 Å². The minimum Gasteiger partial charge on any atom is -0.488 e. The van der Waals surface area contributed by atoms with Crippen LogP contribution in [0.5, 0.6) is 5.75 Å². The summed E-state index contributed by atoms with van der Waals surface area (Å²) in [5.74, 6) is 0.375. The second-order valence-electron chi connectivity index (χ2n) is 6.51. The molecule has 0 saturated carbocycles. The maximum Gasteiger partial charge on any atom is 0.248 e. The molecule has 0 unspecified atom stereocenters. The molecule has 3 heterocycles. The van der Waals surface area contributed by atoms with E-state index >= 15 is 0 Å². The highest BCUT2D eigenvalue weighted by molar-refractivity contribution is 7.11. The fraction of sp³-hybridized carbons (Fsp3) is 0.286. The minimum atomic E-state index is -0.580. The first kappa shape index (κ1) is 20.9. The molecule has 0 saturated heterocycles. The van der Waals surface area contributed by atoms with E-state index in [1.807, 2.05) is 31.2 Å². The van der Waals surface area contributed by atoms with E-state index in [0.29, 0.717) is 27.9 Å². The molecule has 6 nitrogen and oxygen atoms in total. The number of rotatable bonds is 7. The SMILES string of the molecule is C=C(/C=C\C=C/C)Cc1sc(CN[C@H]2COc3cccnc3N(C)C2=O)nc1F. The Labute approximate surface area is 173 Å². The van der Waals surface area contributed by atoms with Crippen LogP contribution in [0.1, 0.15) is 16.8 Å². The van der Waals surface area contributed by atoms with Gasteiger partial charge in [0.1, 0.15) is 17.7 Å². The van der Waals surface area contributed by atoms with E-state index in [0.717, 1.165) is 5.57 Å². The number of thiazole rings is 1. The van der Waals surface area contributed by atoms with Gasteiger partial charge in [-0.2, -0.15) is 4.39 Å². The Kier molecular flexibility index (Phi) is 6.90. The van der Waals surface area contributed by atoms with Gasteiger partial charge in [0.25, 0.3) is 0 Å². The van der Waals surface area contributed by atoms with Gasteiger partial charge in [-0.25, -0.2) is 9.97 Å². The molecular weight excluding hydrogens is 391 g/mol. The molecule has 0 spiro atoms. The number of allylic oxidation sites excluding steroid dienone is 5. The Balaban J connectivity index is 1.62. The second-order valence-corrected chi connectivity index (χ2v) is 7.68. The number of likely N-dealkylation sites (N-methyl/N-ethyl adjacent to an activating group) is 1. The largest absolute Gasteiger partial charge is 0.488 e. The molecule has 3 rings (SSSR count). The standard InChI is InChI=1S/C21H23FN4O2S/c1-4-5-6-8-14(2)11-17-19(22)25-18(29-17)12-24-15-13-28-16-9-7-10-23-20(16)26(3)21(15)27/h4-10,15,24H,2,11-13H2,1,3H3/b5-4-,8-6-/t15-/m0/s1. The molecule has 1 N–H and O–H groups in total. The predicted octanol–water partition coefficient (Wildman–Crippen LogP) is 3.42. The molecule has 2 aromatic heterocycles. The molecule has 0 bridgehead atoms. The summed E-state index contributed by atoms with van der Waals surface area (Å²) in [6.45, 7) is 6.29. The summed E-state index contributed by atoms with van der Waals surface area (Å²) in [4.78, 5) is 22.9. The van der Waals surface area contributed by atoms with Gasteiger partial charge in [0.15, 0.2) is 11.6 Å². The van der Waals surface area contributed by atoms with E-state index in [1.165, 1.54) is 16.2 Å². The first-order valence-corrected chi connectivity index (χ1v) is 10.0. The topological polar surface area (TPSA) is 67.3 Å². The maximum atomic E-state index is 14.2. The fourth-order valence-electron chi connectivity index (χ4n) is 2.82. The van der Waals surface area contributed by atoms with Gasteiger partial charge in [0.2, 0.25) is 11.9 Å². The molecule has 8 heteroatoms. The van der Waals surface area contributed by atoms with E-state index in [4.69, 9.17) is 4.74 Å². The van der Waals surface area contributed by atoms with Crippen molar-refractivity contribution < 1.29 is 13.9 Å². The normalized spacial score (nSPS) is 16.9. The molecule has 0 fully saturated rings. The van der Waals surface area contributed by atoms with Crippen LogP contribution in [-0.2, 0) is 17.8 Å². The van der Waals surface area contributed by atoms with Crippen molar-refractivity contribution in [2.24, 2.45) is 0 Å². The summed E-state index contributed by atoms with van der Waals surface area (Å²) < 4.78 is 19.9. The first-order valence-electron chi connectivity index (χ1n) is 9.19. The third-order valence-electron chi connectivity index (χ3n) is 4.32. The van der Waals surface area contributed by atoms with E-state index in [1.54, 1.807) is 25.4 Å². The zero-order valence-electron chi connectivity index (χ0n) is 16.4. The second kappa shape index (κ2) is 9.58. The monoisotopic (exact) mass is 414 g/mol. The van der Waals surface area contributed by atoms with Gasteiger partial charge in [-0.15, -0.1) is 11.3 Å². The van der Waals surface area contributed by atoms with E-state index < -0.39 is 12.0 Å². The minimum absolute atomic E-state index is 0.162. The lowest BCUT2D eigenvalue weighted by Crippen LogP contribution is -2.46. The zero-order valence-corrected chi connectivity index (χ0v) is 17.2. The van der Waals surface area contributed by atoms with Crippen LogP contribution >= 0.6 is 11.3 Å². The van der Waals surface area contributed by atoms with Crippen molar-refractivity contribution in [1.82, 2.24) is 15.3 Å². The number of halogens is 1. The van der Waals surface area contributed by atoms with Crippen molar-refractivity contribution in [2.45, 2.75) is 25.9 Å². The molecule has 0 aromatic carbocycles. The lowest BCUT2D eigenvalue weighted by Gasteiger charge is -2.19. The summed E-state index contributed by atoms with van der Waals surface area (Å²) >= 11 is 1.27. The van der Waals surface area contributed by atoms with Crippen LogP contribution in [0.4, 0.5) is 10.2 Å². The lowest BCUT2D eigenvalue weighted by atomic mass is 10.2. The smallest absolute Gasteiger partial charge is 0.248 e. The number of nitrogens with zero attached hydrogens (tertiary/aromatic N) is 3. The van der Waals surface area contributed by atoms with E-state index in [-0.39, 0.29) is 19.1 Å². The van der Waals surface area contributed by atoms with Crippen molar-refractivity contribution in [3.63, 3.8) is 0 Å². The first-order chi connectivity index (χ1) is 14.0. The molecular formula is C21H23FN4O2S. The van der Waals surface area contributed by atoms with Crippen LogP contribution in [-0.4, -0.2) is 35.6 Å². The van der Waals surface area contributed by atoms with Crippen LogP contribution in [0, 0.1) is 5.95 Å². The Hall–Kier alpha value is -2.84. The fourth-order valence-corrected chi connectivity index (χ4v) is 3.77. The van der Waals surface area contributed by atoms with Gasteiger partial charge in [-0.1, -0.05) is 30.9 Å². The highest BCUT2D eigenvalue weighted by Crippen LogP contribution is 2.27. The third-order valence-corrected chi connectivity index (χ3v) is 5.35. The van der Waals surface area contributed by atoms with Gasteiger partial charge >= 0.3 is 0 Å². The number of amides is 1. The molecule has 0 radical (unpaired) electrons. The van der Waals surface area contributed by atoms with Crippen LogP contribution in [0.25, 0.3) is 0 Å². The molecule has 1 atom stereocenters. The lowest BCUT2D eigenvalue weighted by molar-refractivity contribution is -0.120. The molecule has 1 aliphatic rings. The summed E-state index contributed by atoms with van der Waals surface area (Å²) in [6.07, 6.45) is 9.52. The number of nitrogens with one attached hydrogen (secondary N) is 1. The van der Waals surface area contributed by atoms with Crippen molar-refractivity contribution in [3.8, 4) is 5.75 Å². The van der Waals surface area contributed by atoms with Crippen LogP contribution in [0.15, 0.2) is 54.8 Å². The molecule has 29 heavy (non-hydrogen) atoms. The third kappa shape index (κ3) is 5.16. The highest BCUT2D eigenvalue weighted by atomic mass is 32.1. The summed E-state index contributed by atoms with van der Waals surface area (Å²) in [6, 6.07) is 2.95. The number of carbonyl (C=O) groups excluding carboxylic acids is 1. The Morgan fingerprint density at radius 3 is 3.14 bits per heavy atom. The number of hydrogen-bond donors (Lipinski definition) is 1. The number of anilines is 1. The summed E-state index contributed by atoms with van der Waals surface area (Å²) in [7, 11) is 1.66. The number of ether oxygens (including phenoxy) is 1. The number of pyridine rings is 1. The van der Waals surface area contributed by atoms with Crippen molar-refractivity contribution in [3.05, 3.63) is 70.6 Å². The summed E-state index contributed by atoms with van der Waals surface area (Å²) in [5, 5.41) is 3.69.